The summed E-state index contributed by atoms with van der Waals surface area (Å²) < 4.78 is 18.9. The topological polar surface area (TPSA) is 119 Å². The Balaban J connectivity index is 1.24. The van der Waals surface area contributed by atoms with E-state index in [-0.39, 0.29) is 12.7 Å². The quantitative estimate of drug-likeness (QED) is 0.379. The number of aliphatic hydroxyl groups is 1. The largest absolute Gasteiger partial charge is 0.489 e. The minimum absolute atomic E-state index is 0.271. The Morgan fingerprint density at radius 2 is 1.92 bits per heavy atom. The molecule has 198 valence electrons. The highest BCUT2D eigenvalue weighted by molar-refractivity contribution is 5.75. The Labute approximate surface area is 220 Å². The zero-order chi connectivity index (χ0) is 26.1. The second-order valence-electron chi connectivity index (χ2n) is 9.63. The molecule has 11 heteroatoms. The van der Waals surface area contributed by atoms with E-state index < -0.39 is 6.10 Å². The van der Waals surface area contributed by atoms with Gasteiger partial charge in [0.2, 0.25) is 5.95 Å². The number of aliphatic hydroxyl groups excluding tert-OH is 1. The molecular weight excluding hydrogens is 486 g/mol. The number of nitrogens with zero attached hydrogens (tertiary/aromatic N) is 6. The molecule has 6 heterocycles. The molecule has 0 unspecified atom stereocenters. The van der Waals surface area contributed by atoms with Gasteiger partial charge in [0.1, 0.15) is 24.3 Å². The maximum absolute atomic E-state index is 10.1. The Morgan fingerprint density at radius 1 is 1.05 bits per heavy atom. The van der Waals surface area contributed by atoms with Crippen LogP contribution in [0.2, 0.25) is 0 Å². The lowest BCUT2D eigenvalue weighted by atomic mass is 10.1. The lowest BCUT2D eigenvalue weighted by Crippen LogP contribution is -2.37. The number of rotatable bonds is 7. The molecule has 4 aromatic rings. The number of ether oxygens (including phenoxy) is 3. The molecule has 2 N–H and O–H groups in total. The van der Waals surface area contributed by atoms with Gasteiger partial charge in [-0.1, -0.05) is 0 Å². The zero-order valence-electron chi connectivity index (χ0n) is 21.5. The first-order valence-corrected chi connectivity index (χ1v) is 12.9. The van der Waals surface area contributed by atoms with Crippen LogP contribution < -0.4 is 15.0 Å². The van der Waals surface area contributed by atoms with Crippen LogP contribution in [0.15, 0.2) is 42.7 Å². The third kappa shape index (κ3) is 5.26. The lowest BCUT2D eigenvalue weighted by Gasteiger charge is -2.27. The van der Waals surface area contributed by atoms with Crippen molar-refractivity contribution < 1.29 is 19.3 Å². The van der Waals surface area contributed by atoms with Gasteiger partial charge in [-0.3, -0.25) is 4.98 Å². The second-order valence-corrected chi connectivity index (χ2v) is 9.63. The van der Waals surface area contributed by atoms with Crippen molar-refractivity contribution in [3.63, 3.8) is 0 Å². The number of aryl methyl sites for hydroxylation is 2. The Morgan fingerprint density at radius 3 is 2.74 bits per heavy atom. The number of fused-ring (bicyclic) bond motifs is 1. The second kappa shape index (κ2) is 10.5. The molecule has 0 aliphatic carbocycles. The minimum Gasteiger partial charge on any atom is -0.489 e. The van der Waals surface area contributed by atoms with Crippen LogP contribution in [-0.4, -0.2) is 81.4 Å². The molecule has 0 aromatic carbocycles. The molecular formula is C27H31N7O4. The normalized spacial score (nSPS) is 19.7. The summed E-state index contributed by atoms with van der Waals surface area (Å²) in [5.74, 6) is 2.72. The van der Waals surface area contributed by atoms with E-state index in [9.17, 15) is 5.11 Å². The summed E-state index contributed by atoms with van der Waals surface area (Å²) >= 11 is 0. The van der Waals surface area contributed by atoms with Gasteiger partial charge in [0, 0.05) is 55.0 Å². The molecule has 0 spiro atoms. The van der Waals surface area contributed by atoms with Crippen molar-refractivity contribution in [1.29, 1.82) is 0 Å². The van der Waals surface area contributed by atoms with Gasteiger partial charge in [0.15, 0.2) is 5.82 Å². The lowest BCUT2D eigenvalue weighted by molar-refractivity contribution is 0.0110. The molecule has 2 atom stereocenters. The van der Waals surface area contributed by atoms with Crippen LogP contribution in [0.4, 0.5) is 17.6 Å². The molecule has 0 saturated carbocycles. The fourth-order valence-electron chi connectivity index (χ4n) is 4.73. The van der Waals surface area contributed by atoms with Gasteiger partial charge in [-0.25, -0.2) is 9.50 Å². The number of nitrogens with one attached hydrogen (secondary N) is 1. The van der Waals surface area contributed by atoms with E-state index in [1.165, 1.54) is 0 Å². The van der Waals surface area contributed by atoms with E-state index in [1.807, 2.05) is 48.8 Å². The Bertz CT molecular complexity index is 1440. The summed E-state index contributed by atoms with van der Waals surface area (Å²) in [4.78, 5) is 15.9. The number of hydrogen-bond acceptors (Lipinski definition) is 10. The van der Waals surface area contributed by atoms with Crippen molar-refractivity contribution in [1.82, 2.24) is 24.6 Å². The van der Waals surface area contributed by atoms with Crippen molar-refractivity contribution >= 4 is 23.1 Å². The number of morpholine rings is 1. The standard InChI is InChI=1S/C27H31N7O4/c1-17-11-21(23(15-28-17)38-16-24-22(35)4-8-37-24)19-3-5-34-20(13-19)14-26(32-34)30-25-12-18(2)29-27(31-25)33-6-9-36-10-7-33/h3,5,11-15,22,24,35H,4,6-10,16H2,1-2H3,(H,29,30,31,32)/t22-,24+/m0/s1. The summed E-state index contributed by atoms with van der Waals surface area (Å²) in [5, 5.41) is 18.1. The van der Waals surface area contributed by atoms with Gasteiger partial charge in [0.25, 0.3) is 0 Å². The van der Waals surface area contributed by atoms with E-state index in [4.69, 9.17) is 19.2 Å². The van der Waals surface area contributed by atoms with Crippen LogP contribution in [0.1, 0.15) is 17.8 Å². The number of pyridine rings is 2. The molecule has 38 heavy (non-hydrogen) atoms. The highest BCUT2D eigenvalue weighted by Gasteiger charge is 2.27. The number of anilines is 3. The summed E-state index contributed by atoms with van der Waals surface area (Å²) in [7, 11) is 0. The first-order valence-electron chi connectivity index (χ1n) is 12.9. The highest BCUT2D eigenvalue weighted by Crippen LogP contribution is 2.32. The molecule has 6 rings (SSSR count). The van der Waals surface area contributed by atoms with E-state index in [0.717, 1.165) is 41.1 Å². The van der Waals surface area contributed by atoms with Crippen LogP contribution >= 0.6 is 0 Å². The van der Waals surface area contributed by atoms with Gasteiger partial charge >= 0.3 is 0 Å². The Hall–Kier alpha value is -3.80. The van der Waals surface area contributed by atoms with Gasteiger partial charge < -0.3 is 29.5 Å². The van der Waals surface area contributed by atoms with Crippen LogP contribution in [0, 0.1) is 13.8 Å². The Kier molecular flexibility index (Phi) is 6.79. The average molecular weight is 518 g/mol. The van der Waals surface area contributed by atoms with Crippen LogP contribution in [0.3, 0.4) is 0 Å². The number of aromatic nitrogens is 5. The van der Waals surface area contributed by atoms with Crippen molar-refractivity contribution in [3.05, 3.63) is 54.1 Å². The molecule has 11 nitrogen and oxygen atoms in total. The minimum atomic E-state index is -0.505. The van der Waals surface area contributed by atoms with E-state index in [1.54, 1.807) is 6.20 Å². The van der Waals surface area contributed by atoms with E-state index >= 15 is 0 Å². The predicted octanol–water partition coefficient (Wildman–Crippen LogP) is 2.91. The van der Waals surface area contributed by atoms with Gasteiger partial charge in [-0.05, 0) is 44.0 Å². The molecule has 2 aliphatic heterocycles. The zero-order valence-corrected chi connectivity index (χ0v) is 21.5. The summed E-state index contributed by atoms with van der Waals surface area (Å²) in [6.45, 7) is 7.62. The van der Waals surface area contributed by atoms with Crippen molar-refractivity contribution in [2.24, 2.45) is 0 Å². The van der Waals surface area contributed by atoms with Gasteiger partial charge in [-0.15, -0.1) is 0 Å². The molecule has 0 bridgehead atoms. The van der Waals surface area contributed by atoms with Crippen LogP contribution in [0.5, 0.6) is 5.75 Å². The maximum Gasteiger partial charge on any atom is 0.227 e. The molecule has 2 fully saturated rings. The fourth-order valence-corrected chi connectivity index (χ4v) is 4.73. The van der Waals surface area contributed by atoms with Gasteiger partial charge in [-0.2, -0.15) is 10.1 Å². The summed E-state index contributed by atoms with van der Waals surface area (Å²) in [5.41, 5.74) is 4.58. The molecule has 2 saturated heterocycles. The number of hydrogen-bond donors (Lipinski definition) is 2. The molecule has 0 radical (unpaired) electrons. The highest BCUT2D eigenvalue weighted by atomic mass is 16.5. The third-order valence-electron chi connectivity index (χ3n) is 6.75. The molecule has 4 aromatic heterocycles. The average Bonchev–Trinajstić information content (AvgIpc) is 3.52. The maximum atomic E-state index is 10.1. The smallest absolute Gasteiger partial charge is 0.227 e. The van der Waals surface area contributed by atoms with Crippen molar-refractivity contribution in [3.8, 4) is 16.9 Å². The first kappa shape index (κ1) is 24.5. The molecule has 2 aliphatic rings. The summed E-state index contributed by atoms with van der Waals surface area (Å²) in [6.07, 6.45) is 3.44. The predicted molar refractivity (Wildman–Crippen MR) is 142 cm³/mol. The molecule has 0 amide bonds. The fraction of sp³-hybridized carbons (Fsp3) is 0.407. The van der Waals surface area contributed by atoms with E-state index in [2.05, 4.69) is 31.3 Å². The van der Waals surface area contributed by atoms with Crippen molar-refractivity contribution in [2.45, 2.75) is 32.5 Å². The third-order valence-corrected chi connectivity index (χ3v) is 6.75. The van der Waals surface area contributed by atoms with Crippen LogP contribution in [-0.2, 0) is 9.47 Å². The van der Waals surface area contributed by atoms with Crippen LogP contribution in [0.25, 0.3) is 16.6 Å². The first-order chi connectivity index (χ1) is 18.5. The SMILES string of the molecule is Cc1cc(-c2ccn3nc(Nc4cc(C)nc(N5CCOCC5)n4)cc3c2)c(OC[C@H]2OCC[C@@H]2O)cn1. The van der Waals surface area contributed by atoms with Crippen molar-refractivity contribution in [2.75, 3.05) is 49.7 Å². The van der Waals surface area contributed by atoms with Gasteiger partial charge in [0.05, 0.1) is 31.0 Å². The van der Waals surface area contributed by atoms with E-state index in [0.29, 0.717) is 49.6 Å². The monoisotopic (exact) mass is 517 g/mol. The summed E-state index contributed by atoms with van der Waals surface area (Å²) in [6, 6.07) is 9.95.